The first-order valence-corrected chi connectivity index (χ1v) is 19.8. The molecule has 7 rings (SSSR count). The molecule has 4 aromatic heterocycles. The van der Waals surface area contributed by atoms with Crippen LogP contribution in [0.25, 0.3) is 22.3 Å². The van der Waals surface area contributed by atoms with Crippen LogP contribution >= 0.6 is 8.60 Å². The second-order valence-electron chi connectivity index (χ2n) is 13.8. The normalized spacial score (nSPS) is 23.2. The fourth-order valence-corrected chi connectivity index (χ4v) is 7.65. The van der Waals surface area contributed by atoms with E-state index in [4.69, 9.17) is 27.8 Å². The molecule has 2 amide bonds. The number of imidazole rings is 2. The number of alkyl halides is 1. The summed E-state index contributed by atoms with van der Waals surface area (Å²) in [6, 6.07) is 10.6. The van der Waals surface area contributed by atoms with Crippen LogP contribution in [-0.2, 0) is 32.6 Å². The fourth-order valence-electron chi connectivity index (χ4n) is 6.50. The van der Waals surface area contributed by atoms with Crippen molar-refractivity contribution in [2.24, 2.45) is 5.92 Å². The minimum atomic E-state index is -2.29. The Hall–Kier alpha value is -6.02. The number of benzene rings is 1. The Morgan fingerprint density at radius 3 is 2.55 bits per heavy atom. The van der Waals surface area contributed by atoms with Gasteiger partial charge in [-0.05, 0) is 18.6 Å². The van der Waals surface area contributed by atoms with Crippen LogP contribution in [0.4, 0.5) is 21.0 Å². The van der Waals surface area contributed by atoms with Crippen LogP contribution in [0.5, 0.6) is 0 Å². The quantitative estimate of drug-likeness (QED) is 0.0609. The number of fused-ring (bicyclic) bond motifs is 2. The summed E-state index contributed by atoms with van der Waals surface area (Å²) in [4.78, 5) is 73.5. The molecule has 0 saturated carbocycles. The fraction of sp³-hybridized carbons (Fsp3) is 0.444. The van der Waals surface area contributed by atoms with Crippen molar-refractivity contribution in [2.75, 3.05) is 23.8 Å². The molecule has 60 heavy (non-hydrogen) atoms. The maximum atomic E-state index is 16.1. The second kappa shape index (κ2) is 18.5. The molecular formula is C36H39FN11O11P. The second-order valence-corrected chi connectivity index (χ2v) is 15.0. The number of hydrogen-bond donors (Lipinski definition) is 4. The maximum absolute atomic E-state index is 16.1. The number of anilines is 2. The molecule has 6 heterocycles. The number of ether oxygens (including phenoxy) is 3. The van der Waals surface area contributed by atoms with E-state index >= 15 is 4.39 Å². The van der Waals surface area contributed by atoms with E-state index in [1.54, 1.807) is 48.7 Å². The summed E-state index contributed by atoms with van der Waals surface area (Å²) >= 11 is 0. The molecule has 8 atom stereocenters. The summed E-state index contributed by atoms with van der Waals surface area (Å²) in [6.45, 7) is 4.54. The zero-order chi connectivity index (χ0) is 42.5. The van der Waals surface area contributed by atoms with Crippen molar-refractivity contribution in [1.82, 2.24) is 39.0 Å². The zero-order valence-corrected chi connectivity index (χ0v) is 33.1. The van der Waals surface area contributed by atoms with E-state index in [0.717, 1.165) is 10.9 Å². The molecule has 1 aromatic carbocycles. The monoisotopic (exact) mass is 851 g/mol. The number of nitriles is 1. The number of carboxylic acid groups (broad SMARTS) is 1. The van der Waals surface area contributed by atoms with Gasteiger partial charge in [-0.25, -0.2) is 29.1 Å². The average Bonchev–Trinajstić information content (AvgIpc) is 4.02. The smallest absolute Gasteiger partial charge is 0.450 e. The molecule has 22 nitrogen and oxygen atoms in total. The van der Waals surface area contributed by atoms with Gasteiger partial charge in [-0.1, -0.05) is 39.0 Å². The van der Waals surface area contributed by atoms with Crippen LogP contribution in [0, 0.1) is 17.2 Å². The van der Waals surface area contributed by atoms with Gasteiger partial charge >= 0.3 is 14.8 Å². The van der Waals surface area contributed by atoms with E-state index in [1.165, 1.54) is 12.7 Å². The maximum Gasteiger partial charge on any atom is 0.506 e. The summed E-state index contributed by atoms with van der Waals surface area (Å²) in [6.07, 6.45) is -5.76. The first-order chi connectivity index (χ1) is 28.9. The van der Waals surface area contributed by atoms with Crippen molar-refractivity contribution in [3.05, 3.63) is 65.2 Å². The predicted molar refractivity (Wildman–Crippen MR) is 206 cm³/mol. The zero-order valence-electron chi connectivity index (χ0n) is 32.2. The number of carbonyl (C=O) groups excluding carboxylic acids is 2. The van der Waals surface area contributed by atoms with Gasteiger partial charge in [0.2, 0.25) is 11.9 Å². The Kier molecular flexibility index (Phi) is 13.0. The molecule has 24 heteroatoms. The van der Waals surface area contributed by atoms with Gasteiger partial charge < -0.3 is 38.2 Å². The van der Waals surface area contributed by atoms with E-state index in [2.05, 4.69) is 40.5 Å². The molecule has 0 radical (unpaired) electrons. The molecule has 316 valence electrons. The van der Waals surface area contributed by atoms with E-state index in [-0.39, 0.29) is 48.3 Å². The molecule has 2 saturated heterocycles. The van der Waals surface area contributed by atoms with Gasteiger partial charge in [0.1, 0.15) is 18.7 Å². The highest BCUT2D eigenvalue weighted by Crippen LogP contribution is 2.48. The molecular weight excluding hydrogens is 812 g/mol. The van der Waals surface area contributed by atoms with Gasteiger partial charge in [-0.15, -0.1) is 0 Å². The Labute approximate surface area is 340 Å². The lowest BCUT2D eigenvalue weighted by atomic mass is 10.1. The summed E-state index contributed by atoms with van der Waals surface area (Å²) in [7, 11) is -2.29. The highest BCUT2D eigenvalue weighted by molar-refractivity contribution is 7.41. The van der Waals surface area contributed by atoms with Gasteiger partial charge in [0.25, 0.3) is 11.5 Å². The average molecular weight is 852 g/mol. The van der Waals surface area contributed by atoms with Crippen LogP contribution in [0.2, 0.25) is 0 Å². The van der Waals surface area contributed by atoms with Crippen LogP contribution < -0.4 is 16.2 Å². The third-order valence-electron chi connectivity index (χ3n) is 9.47. The molecule has 4 N–H and O–H groups in total. The summed E-state index contributed by atoms with van der Waals surface area (Å²) in [5, 5.41) is 23.9. The lowest BCUT2D eigenvalue weighted by molar-refractivity contribution is -0.118. The highest BCUT2D eigenvalue weighted by Gasteiger charge is 2.50. The van der Waals surface area contributed by atoms with Crippen molar-refractivity contribution >= 4 is 60.7 Å². The third-order valence-corrected chi connectivity index (χ3v) is 10.7. The van der Waals surface area contributed by atoms with E-state index in [9.17, 15) is 29.5 Å². The molecule has 0 bridgehead atoms. The lowest BCUT2D eigenvalue weighted by Crippen LogP contribution is -2.34. The summed E-state index contributed by atoms with van der Waals surface area (Å²) in [5.41, 5.74) is 0.0909. The number of carbonyl (C=O) groups is 3. The molecule has 0 spiro atoms. The minimum absolute atomic E-state index is 0.0157. The molecule has 5 aromatic rings. The Bertz CT molecular complexity index is 2450. The highest BCUT2D eigenvalue weighted by atomic mass is 31.2. The Morgan fingerprint density at radius 1 is 1.05 bits per heavy atom. The van der Waals surface area contributed by atoms with Gasteiger partial charge in [0, 0.05) is 17.9 Å². The number of aromatic amines is 1. The largest absolute Gasteiger partial charge is 0.506 e. The number of H-pyrrole nitrogens is 1. The van der Waals surface area contributed by atoms with Crippen molar-refractivity contribution in [3.63, 3.8) is 0 Å². The molecule has 1 unspecified atom stereocenters. The van der Waals surface area contributed by atoms with E-state index in [0.29, 0.717) is 23.1 Å². The van der Waals surface area contributed by atoms with Crippen molar-refractivity contribution in [1.29, 1.82) is 5.26 Å². The Balaban J connectivity index is 1.06. The van der Waals surface area contributed by atoms with Gasteiger partial charge in [0.15, 0.2) is 46.6 Å². The van der Waals surface area contributed by atoms with Crippen LogP contribution in [0.3, 0.4) is 0 Å². The van der Waals surface area contributed by atoms with E-state index < -0.39 is 81.8 Å². The lowest BCUT2D eigenvalue weighted by Gasteiger charge is -2.24. The number of hydrogen-bond acceptors (Lipinski definition) is 16. The van der Waals surface area contributed by atoms with Crippen molar-refractivity contribution in [3.8, 4) is 6.07 Å². The van der Waals surface area contributed by atoms with Crippen LogP contribution in [0.1, 0.15) is 62.8 Å². The number of amides is 2. The SMILES string of the molecule is CC[C@H]1O[C@@H](n2cnc3c(NC(=O)c4ccccc4)ncnc32)C[C@@H]1OP(OCCC#N)OC[C@H]1O[C@@H](n2cnc3c(=O)[nH]c(NC(=O)C(C)C)nc32)[C@H](OC(=O)O)[C@@H]1F. The van der Waals surface area contributed by atoms with Gasteiger partial charge in [-0.3, -0.25) is 33.8 Å². The van der Waals surface area contributed by atoms with Crippen LogP contribution in [-0.4, -0.2) is 106 Å². The number of halogens is 1. The van der Waals surface area contributed by atoms with Gasteiger partial charge in [0.05, 0.1) is 50.6 Å². The van der Waals surface area contributed by atoms with E-state index in [1.807, 2.05) is 13.0 Å². The van der Waals surface area contributed by atoms with Gasteiger partial charge in [-0.2, -0.15) is 10.2 Å². The first kappa shape index (κ1) is 42.1. The number of nitrogens with zero attached hydrogens (tertiary/aromatic N) is 8. The van der Waals surface area contributed by atoms with Crippen LogP contribution in [0.15, 0.2) is 54.1 Å². The summed E-state index contributed by atoms with van der Waals surface area (Å²) < 4.78 is 54.2. The predicted octanol–water partition coefficient (Wildman–Crippen LogP) is 4.36. The van der Waals surface area contributed by atoms with Crippen molar-refractivity contribution in [2.45, 2.75) is 83.1 Å². The number of nitrogens with one attached hydrogen (secondary N) is 3. The number of aromatic nitrogens is 8. The van der Waals surface area contributed by atoms with Crippen molar-refractivity contribution < 1.29 is 51.7 Å². The minimum Gasteiger partial charge on any atom is -0.450 e. The molecule has 0 aliphatic carbocycles. The summed E-state index contributed by atoms with van der Waals surface area (Å²) in [5.74, 6) is -1.28. The standard InChI is InChI=1S/C36H39FN11O11P/c1-4-20-21(13-23(56-20)47-16-41-25-28(39-15-40-29(25)47)43-32(50)19-9-6-5-7-10-19)59-60(54-12-8-11-38)55-14-22-24(37)27(58-36(52)53)34(57-22)48-17-42-26-30(48)44-35(46-33(26)51)45-31(49)18(2)3/h5-7,9-10,15-18,20-24,27,34H,4,8,12-14H2,1-3H3,(H,52,53)(H,39,40,43,50)(H2,44,45,46,49,51)/t20-,21+,22-,23-,24-,27-,34-,60?/m1/s1. The third kappa shape index (κ3) is 9.08. The molecule has 2 aliphatic rings. The number of rotatable bonds is 16. The first-order valence-electron chi connectivity index (χ1n) is 18.7. The molecule has 2 aliphatic heterocycles. The Morgan fingerprint density at radius 2 is 1.82 bits per heavy atom. The topological polar surface area (TPSA) is 282 Å². The molecule has 2 fully saturated rings.